The molecule has 1 aromatic heterocycles. The Morgan fingerprint density at radius 1 is 0.964 bits per heavy atom. The Hall–Kier alpha value is -2.51. The van der Waals surface area contributed by atoms with Gasteiger partial charge in [0.15, 0.2) is 11.5 Å². The van der Waals surface area contributed by atoms with Gasteiger partial charge in [-0.25, -0.2) is 13.1 Å². The number of sulfonamides is 1. The van der Waals surface area contributed by atoms with Gasteiger partial charge in [-0.05, 0) is 67.1 Å². The highest BCUT2D eigenvalue weighted by molar-refractivity contribution is 7.89. The second-order valence-corrected chi connectivity index (χ2v) is 9.13. The van der Waals surface area contributed by atoms with Gasteiger partial charge in [-0.1, -0.05) is 12.5 Å². The molecule has 6 nitrogen and oxygen atoms in total. The molecule has 0 unspecified atom stereocenters. The van der Waals surface area contributed by atoms with Gasteiger partial charge in [0.05, 0.1) is 4.90 Å². The molecule has 5 rings (SSSR count). The number of fused-ring (bicyclic) bond motifs is 4. The molecule has 2 heterocycles. The fourth-order valence-electron chi connectivity index (χ4n) is 4.04. The van der Waals surface area contributed by atoms with Crippen molar-refractivity contribution in [1.29, 1.82) is 0 Å². The van der Waals surface area contributed by atoms with Crippen molar-refractivity contribution in [3.05, 3.63) is 53.2 Å². The van der Waals surface area contributed by atoms with E-state index in [4.69, 9.17) is 9.47 Å². The molecule has 0 bridgehead atoms. The molecule has 0 saturated carbocycles. The van der Waals surface area contributed by atoms with E-state index in [0.717, 1.165) is 35.7 Å². The van der Waals surface area contributed by atoms with Crippen LogP contribution >= 0.6 is 0 Å². The van der Waals surface area contributed by atoms with Crippen LogP contribution in [0.2, 0.25) is 0 Å². The third-order valence-electron chi connectivity index (χ3n) is 5.53. The Morgan fingerprint density at radius 2 is 1.82 bits per heavy atom. The topological polar surface area (TPSA) is 80.4 Å². The minimum absolute atomic E-state index is 0.197. The van der Waals surface area contributed by atoms with Crippen LogP contribution in [0.15, 0.2) is 41.3 Å². The van der Waals surface area contributed by atoms with E-state index >= 15 is 0 Å². The smallest absolute Gasteiger partial charge is 0.240 e. The minimum Gasteiger partial charge on any atom is -0.454 e. The van der Waals surface area contributed by atoms with E-state index in [2.05, 4.69) is 9.71 Å². The molecule has 2 aromatic carbocycles. The third kappa shape index (κ3) is 3.14. The van der Waals surface area contributed by atoms with E-state index in [1.165, 1.54) is 24.1 Å². The number of aromatic nitrogens is 1. The fraction of sp³-hybridized carbons (Fsp3) is 0.333. The molecule has 0 atom stereocenters. The number of nitrogens with one attached hydrogen (secondary N) is 2. The van der Waals surface area contributed by atoms with Crippen molar-refractivity contribution in [1.82, 2.24) is 9.71 Å². The second kappa shape index (κ2) is 6.83. The third-order valence-corrected chi connectivity index (χ3v) is 6.93. The molecule has 0 saturated heterocycles. The summed E-state index contributed by atoms with van der Waals surface area (Å²) in [4.78, 5) is 3.77. The van der Waals surface area contributed by atoms with Gasteiger partial charge < -0.3 is 14.5 Å². The molecule has 0 amide bonds. The summed E-state index contributed by atoms with van der Waals surface area (Å²) in [6, 6.07) is 10.8. The van der Waals surface area contributed by atoms with Crippen LogP contribution in [0.3, 0.4) is 0 Å². The van der Waals surface area contributed by atoms with Crippen LogP contribution in [-0.4, -0.2) is 20.2 Å². The summed E-state index contributed by atoms with van der Waals surface area (Å²) < 4.78 is 39.1. The Morgan fingerprint density at radius 3 is 2.75 bits per heavy atom. The van der Waals surface area contributed by atoms with E-state index in [9.17, 15) is 8.42 Å². The Bertz CT molecular complexity index is 1150. The first-order valence-corrected chi connectivity index (χ1v) is 11.1. The van der Waals surface area contributed by atoms with E-state index in [0.29, 0.717) is 16.4 Å². The zero-order valence-electron chi connectivity index (χ0n) is 15.5. The lowest BCUT2D eigenvalue weighted by molar-refractivity contribution is 0.174. The maximum Gasteiger partial charge on any atom is 0.240 e. The predicted octanol–water partition coefficient (Wildman–Crippen LogP) is 3.64. The lowest BCUT2D eigenvalue weighted by atomic mass is 10.1. The molecule has 0 spiro atoms. The van der Waals surface area contributed by atoms with Gasteiger partial charge >= 0.3 is 0 Å². The molecule has 2 aliphatic rings. The van der Waals surface area contributed by atoms with Gasteiger partial charge in [-0.3, -0.25) is 0 Å². The summed E-state index contributed by atoms with van der Waals surface area (Å²) in [7, 11) is -3.61. The van der Waals surface area contributed by atoms with E-state index in [1.807, 2.05) is 12.1 Å². The van der Waals surface area contributed by atoms with Crippen LogP contribution < -0.4 is 14.2 Å². The van der Waals surface area contributed by atoms with E-state index in [1.54, 1.807) is 24.3 Å². The first kappa shape index (κ1) is 17.6. The SMILES string of the molecule is O=S(=O)(NCc1ccc2c(c1)OCO2)c1ccc2[nH]c3c(c2c1)CCCCC3. The van der Waals surface area contributed by atoms with Gasteiger partial charge in [0.25, 0.3) is 0 Å². The van der Waals surface area contributed by atoms with Crippen molar-refractivity contribution >= 4 is 20.9 Å². The monoisotopic (exact) mass is 398 g/mol. The molecular weight excluding hydrogens is 376 g/mol. The first-order valence-electron chi connectivity index (χ1n) is 9.62. The van der Waals surface area contributed by atoms with Crippen molar-refractivity contribution in [2.75, 3.05) is 6.79 Å². The largest absolute Gasteiger partial charge is 0.454 e. The zero-order chi connectivity index (χ0) is 19.1. The first-order chi connectivity index (χ1) is 13.6. The number of aryl methyl sites for hydroxylation is 2. The molecule has 0 fully saturated rings. The number of rotatable bonds is 4. The number of hydrogen-bond acceptors (Lipinski definition) is 4. The molecule has 1 aliphatic carbocycles. The normalized spacial score (nSPS) is 16.1. The van der Waals surface area contributed by atoms with Crippen LogP contribution in [-0.2, 0) is 29.4 Å². The standard InChI is InChI=1S/C21H22N2O4S/c24-28(25,22-12-14-6-9-20-21(10-14)27-13-26-20)15-7-8-19-17(11-15)16-4-2-1-3-5-18(16)23-19/h6-11,22-23H,1-5,12-13H2. The van der Waals surface area contributed by atoms with Crippen LogP contribution in [0.5, 0.6) is 11.5 Å². The summed E-state index contributed by atoms with van der Waals surface area (Å²) in [5.41, 5.74) is 4.38. The maximum absolute atomic E-state index is 12.9. The van der Waals surface area contributed by atoms with Crippen molar-refractivity contribution < 1.29 is 17.9 Å². The van der Waals surface area contributed by atoms with Gasteiger partial charge in [-0.2, -0.15) is 0 Å². The van der Waals surface area contributed by atoms with Gasteiger partial charge in [0, 0.05) is 23.1 Å². The highest BCUT2D eigenvalue weighted by Gasteiger charge is 2.20. The minimum atomic E-state index is -3.61. The highest BCUT2D eigenvalue weighted by atomic mass is 32.2. The summed E-state index contributed by atoms with van der Waals surface area (Å²) in [6.07, 6.45) is 5.60. The number of ether oxygens (including phenoxy) is 2. The molecule has 1 aliphatic heterocycles. The molecule has 2 N–H and O–H groups in total. The quantitative estimate of drug-likeness (QED) is 0.658. The number of H-pyrrole nitrogens is 1. The fourth-order valence-corrected chi connectivity index (χ4v) is 5.09. The molecular formula is C21H22N2O4S. The Balaban J connectivity index is 1.41. The maximum atomic E-state index is 12.9. The van der Waals surface area contributed by atoms with Gasteiger partial charge in [0.2, 0.25) is 16.8 Å². The molecule has 28 heavy (non-hydrogen) atoms. The van der Waals surface area contributed by atoms with Crippen LogP contribution in [0.25, 0.3) is 10.9 Å². The van der Waals surface area contributed by atoms with Crippen molar-refractivity contribution in [3.63, 3.8) is 0 Å². The Kier molecular flexibility index (Phi) is 4.29. The predicted molar refractivity (Wildman–Crippen MR) is 106 cm³/mol. The summed E-state index contributed by atoms with van der Waals surface area (Å²) >= 11 is 0. The lowest BCUT2D eigenvalue weighted by Gasteiger charge is -2.08. The highest BCUT2D eigenvalue weighted by Crippen LogP contribution is 2.33. The van der Waals surface area contributed by atoms with Gasteiger partial charge in [-0.15, -0.1) is 0 Å². The number of aromatic amines is 1. The van der Waals surface area contributed by atoms with Crippen LogP contribution in [0, 0.1) is 0 Å². The van der Waals surface area contributed by atoms with Gasteiger partial charge in [0.1, 0.15) is 0 Å². The molecule has 3 aromatic rings. The molecule has 146 valence electrons. The number of benzene rings is 2. The second-order valence-electron chi connectivity index (χ2n) is 7.36. The van der Waals surface area contributed by atoms with E-state index in [-0.39, 0.29) is 13.3 Å². The van der Waals surface area contributed by atoms with Crippen molar-refractivity contribution in [2.45, 2.75) is 43.5 Å². The summed E-state index contributed by atoms with van der Waals surface area (Å²) in [5.74, 6) is 1.33. The average Bonchev–Trinajstić information content (AvgIpc) is 3.23. The summed E-state index contributed by atoms with van der Waals surface area (Å²) in [6.45, 7) is 0.397. The Labute approximate surface area is 163 Å². The van der Waals surface area contributed by atoms with Crippen molar-refractivity contribution in [3.8, 4) is 11.5 Å². The summed E-state index contributed by atoms with van der Waals surface area (Å²) in [5, 5.41) is 1.03. The molecule has 0 radical (unpaired) electrons. The van der Waals surface area contributed by atoms with Crippen LogP contribution in [0.1, 0.15) is 36.1 Å². The molecule has 7 heteroatoms. The number of hydrogen-bond donors (Lipinski definition) is 2. The van der Waals surface area contributed by atoms with E-state index < -0.39 is 10.0 Å². The van der Waals surface area contributed by atoms with Crippen molar-refractivity contribution in [2.24, 2.45) is 0 Å². The average molecular weight is 398 g/mol. The zero-order valence-corrected chi connectivity index (χ0v) is 16.3. The van der Waals surface area contributed by atoms with Crippen LogP contribution in [0.4, 0.5) is 0 Å². The lowest BCUT2D eigenvalue weighted by Crippen LogP contribution is -2.23.